The lowest BCUT2D eigenvalue weighted by Gasteiger charge is -2.33. The third-order valence-electron chi connectivity index (χ3n) is 4.18. The quantitative estimate of drug-likeness (QED) is 0.918. The first-order valence-electron chi connectivity index (χ1n) is 7.20. The maximum absolute atomic E-state index is 12.9. The van der Waals surface area contributed by atoms with Crippen molar-refractivity contribution in [2.75, 3.05) is 0 Å². The average molecular weight is 297 g/mol. The standard InChI is InChI=1S/C15H18F3N3/c16-15(17,18)10-21-12-7-3-2-6-11(12)20-13(21)14(19)8-4-1-5-9-14/h2-3,6-7H,1,4-5,8-10,19H2. The number of imidazole rings is 1. The summed E-state index contributed by atoms with van der Waals surface area (Å²) < 4.78 is 40.0. The smallest absolute Gasteiger partial charge is 0.319 e. The second-order valence-corrected chi connectivity index (χ2v) is 5.84. The van der Waals surface area contributed by atoms with E-state index in [4.69, 9.17) is 5.73 Å². The molecule has 0 radical (unpaired) electrons. The molecule has 1 aromatic heterocycles. The SMILES string of the molecule is NC1(c2nc3ccccc3n2CC(F)(F)F)CCCCC1. The first-order valence-corrected chi connectivity index (χ1v) is 7.20. The van der Waals surface area contributed by atoms with Gasteiger partial charge < -0.3 is 10.3 Å². The number of para-hydroxylation sites is 2. The number of nitrogens with zero attached hydrogens (tertiary/aromatic N) is 2. The minimum Gasteiger partial charge on any atom is -0.319 e. The second-order valence-electron chi connectivity index (χ2n) is 5.84. The molecule has 0 saturated heterocycles. The molecule has 1 fully saturated rings. The number of alkyl halides is 3. The summed E-state index contributed by atoms with van der Waals surface area (Å²) >= 11 is 0. The van der Waals surface area contributed by atoms with E-state index in [2.05, 4.69) is 4.98 Å². The molecule has 1 aliphatic carbocycles. The van der Waals surface area contributed by atoms with Crippen LogP contribution in [-0.2, 0) is 12.1 Å². The van der Waals surface area contributed by atoms with Crippen LogP contribution in [0.4, 0.5) is 13.2 Å². The number of hydrogen-bond donors (Lipinski definition) is 1. The Morgan fingerprint density at radius 1 is 1.14 bits per heavy atom. The third kappa shape index (κ3) is 2.77. The molecule has 1 heterocycles. The van der Waals surface area contributed by atoms with Crippen LogP contribution in [0.5, 0.6) is 0 Å². The molecular weight excluding hydrogens is 279 g/mol. The van der Waals surface area contributed by atoms with E-state index < -0.39 is 18.3 Å². The van der Waals surface area contributed by atoms with Crippen LogP contribution in [0.15, 0.2) is 24.3 Å². The molecule has 2 aromatic rings. The fourth-order valence-corrected chi connectivity index (χ4v) is 3.20. The normalized spacial score (nSPS) is 19.0. The molecule has 3 nitrogen and oxygen atoms in total. The monoisotopic (exact) mass is 297 g/mol. The molecule has 0 amide bonds. The average Bonchev–Trinajstić information content (AvgIpc) is 2.78. The highest BCUT2D eigenvalue weighted by Gasteiger charge is 2.38. The van der Waals surface area contributed by atoms with Gasteiger partial charge in [0.2, 0.25) is 0 Å². The van der Waals surface area contributed by atoms with Crippen molar-refractivity contribution >= 4 is 11.0 Å². The summed E-state index contributed by atoms with van der Waals surface area (Å²) in [6.07, 6.45) is 0.0432. The van der Waals surface area contributed by atoms with Gasteiger partial charge >= 0.3 is 6.18 Å². The van der Waals surface area contributed by atoms with Crippen LogP contribution in [0.1, 0.15) is 37.9 Å². The Bertz CT molecular complexity index is 639. The van der Waals surface area contributed by atoms with Gasteiger partial charge in [-0.2, -0.15) is 13.2 Å². The number of rotatable bonds is 2. The van der Waals surface area contributed by atoms with Gasteiger partial charge in [-0.1, -0.05) is 31.4 Å². The Hall–Kier alpha value is -1.56. The number of hydrogen-bond acceptors (Lipinski definition) is 2. The largest absolute Gasteiger partial charge is 0.406 e. The minimum absolute atomic E-state index is 0.376. The Balaban J connectivity index is 2.14. The van der Waals surface area contributed by atoms with E-state index in [1.165, 1.54) is 4.57 Å². The van der Waals surface area contributed by atoms with Crippen molar-refractivity contribution in [2.45, 2.75) is 50.4 Å². The highest BCUT2D eigenvalue weighted by molar-refractivity contribution is 5.76. The van der Waals surface area contributed by atoms with Gasteiger partial charge in [0.25, 0.3) is 0 Å². The molecule has 0 unspecified atom stereocenters. The fourth-order valence-electron chi connectivity index (χ4n) is 3.20. The summed E-state index contributed by atoms with van der Waals surface area (Å²) in [5, 5.41) is 0. The predicted molar refractivity (Wildman–Crippen MR) is 74.7 cm³/mol. The summed E-state index contributed by atoms with van der Waals surface area (Å²) in [4.78, 5) is 4.43. The van der Waals surface area contributed by atoms with Gasteiger partial charge in [0.05, 0.1) is 16.6 Å². The van der Waals surface area contributed by atoms with Gasteiger partial charge in [0.15, 0.2) is 0 Å². The molecule has 3 rings (SSSR count). The van der Waals surface area contributed by atoms with Gasteiger partial charge in [0.1, 0.15) is 12.4 Å². The number of fused-ring (bicyclic) bond motifs is 1. The van der Waals surface area contributed by atoms with Crippen LogP contribution in [0.2, 0.25) is 0 Å². The fraction of sp³-hybridized carbons (Fsp3) is 0.533. The van der Waals surface area contributed by atoms with E-state index in [1.807, 2.05) is 0 Å². The van der Waals surface area contributed by atoms with E-state index in [0.29, 0.717) is 29.7 Å². The molecule has 0 bridgehead atoms. The lowest BCUT2D eigenvalue weighted by Crippen LogP contribution is -2.42. The molecular formula is C15H18F3N3. The van der Waals surface area contributed by atoms with E-state index >= 15 is 0 Å². The molecule has 1 aromatic carbocycles. The number of aromatic nitrogens is 2. The third-order valence-corrected chi connectivity index (χ3v) is 4.18. The van der Waals surface area contributed by atoms with E-state index in [9.17, 15) is 13.2 Å². The van der Waals surface area contributed by atoms with Crippen molar-refractivity contribution in [3.8, 4) is 0 Å². The Labute approximate surface area is 121 Å². The van der Waals surface area contributed by atoms with Crippen LogP contribution in [0.3, 0.4) is 0 Å². The summed E-state index contributed by atoms with van der Waals surface area (Å²) in [7, 11) is 0. The second kappa shape index (κ2) is 5.02. The summed E-state index contributed by atoms with van der Waals surface area (Å²) in [5.74, 6) is 0.376. The van der Waals surface area contributed by atoms with Crippen molar-refractivity contribution in [1.82, 2.24) is 9.55 Å². The Morgan fingerprint density at radius 3 is 2.48 bits per heavy atom. The van der Waals surface area contributed by atoms with Crippen LogP contribution in [0.25, 0.3) is 11.0 Å². The lowest BCUT2D eigenvalue weighted by atomic mass is 9.82. The summed E-state index contributed by atoms with van der Waals surface area (Å²) in [6.45, 7) is -1.04. The van der Waals surface area contributed by atoms with Crippen molar-refractivity contribution in [1.29, 1.82) is 0 Å². The molecule has 2 N–H and O–H groups in total. The first kappa shape index (κ1) is 14.4. The molecule has 114 valence electrons. The number of halogens is 3. The molecule has 1 aliphatic rings. The molecule has 0 aliphatic heterocycles. The lowest BCUT2D eigenvalue weighted by molar-refractivity contribution is -0.140. The Kier molecular flexibility index (Phi) is 3.43. The molecule has 0 spiro atoms. The molecule has 6 heteroatoms. The van der Waals surface area contributed by atoms with Crippen LogP contribution in [-0.4, -0.2) is 15.7 Å². The van der Waals surface area contributed by atoms with Crippen LogP contribution in [0, 0.1) is 0 Å². The summed E-state index contributed by atoms with van der Waals surface area (Å²) in [6, 6.07) is 6.91. The molecule has 21 heavy (non-hydrogen) atoms. The van der Waals surface area contributed by atoms with Crippen molar-refractivity contribution in [3.05, 3.63) is 30.1 Å². The zero-order chi connectivity index (χ0) is 15.1. The van der Waals surface area contributed by atoms with Crippen molar-refractivity contribution < 1.29 is 13.2 Å². The number of nitrogens with two attached hydrogens (primary N) is 1. The van der Waals surface area contributed by atoms with Gasteiger partial charge in [-0.25, -0.2) is 4.98 Å². The van der Waals surface area contributed by atoms with Gasteiger partial charge in [-0.05, 0) is 25.0 Å². The Morgan fingerprint density at radius 2 is 1.81 bits per heavy atom. The van der Waals surface area contributed by atoms with E-state index in [-0.39, 0.29) is 0 Å². The van der Waals surface area contributed by atoms with Crippen LogP contribution >= 0.6 is 0 Å². The topological polar surface area (TPSA) is 43.8 Å². The predicted octanol–water partition coefficient (Wildman–Crippen LogP) is 3.72. The maximum Gasteiger partial charge on any atom is 0.406 e. The van der Waals surface area contributed by atoms with Gasteiger partial charge in [-0.3, -0.25) is 0 Å². The summed E-state index contributed by atoms with van der Waals surface area (Å²) in [5.41, 5.74) is 6.74. The van der Waals surface area contributed by atoms with E-state index in [1.54, 1.807) is 24.3 Å². The van der Waals surface area contributed by atoms with Gasteiger partial charge in [-0.15, -0.1) is 0 Å². The van der Waals surface area contributed by atoms with Crippen molar-refractivity contribution in [2.24, 2.45) is 5.73 Å². The van der Waals surface area contributed by atoms with E-state index in [0.717, 1.165) is 19.3 Å². The highest BCUT2D eigenvalue weighted by Crippen LogP contribution is 2.36. The molecule has 1 saturated carbocycles. The molecule has 0 atom stereocenters. The number of benzene rings is 1. The van der Waals surface area contributed by atoms with Crippen molar-refractivity contribution in [3.63, 3.8) is 0 Å². The minimum atomic E-state index is -4.29. The zero-order valence-electron chi connectivity index (χ0n) is 11.7. The first-order chi connectivity index (χ1) is 9.89. The zero-order valence-corrected chi connectivity index (χ0v) is 11.7. The highest BCUT2D eigenvalue weighted by atomic mass is 19.4. The van der Waals surface area contributed by atoms with Gasteiger partial charge in [0, 0.05) is 0 Å². The van der Waals surface area contributed by atoms with Crippen LogP contribution < -0.4 is 5.73 Å². The maximum atomic E-state index is 12.9.